The van der Waals surface area contributed by atoms with Gasteiger partial charge in [-0.3, -0.25) is 4.79 Å². The van der Waals surface area contributed by atoms with Gasteiger partial charge in [0.15, 0.2) is 0 Å². The maximum absolute atomic E-state index is 12.4. The molecule has 3 N–H and O–H groups in total. The SMILES string of the molecule is CN(C(=O)[C@@H](N)Cc1ccccc1)C1CCCCC1O. The number of nitrogens with zero attached hydrogens (tertiary/aromatic N) is 1. The van der Waals surface area contributed by atoms with Crippen LogP contribution in [0, 0.1) is 0 Å². The summed E-state index contributed by atoms with van der Waals surface area (Å²) in [5.74, 6) is -0.0835. The van der Waals surface area contributed by atoms with Crippen LogP contribution in [0.3, 0.4) is 0 Å². The lowest BCUT2D eigenvalue weighted by atomic mass is 9.91. The molecule has 4 nitrogen and oxygen atoms in total. The van der Waals surface area contributed by atoms with Crippen LogP contribution < -0.4 is 5.73 Å². The number of carbonyl (C=O) groups is 1. The standard InChI is InChI=1S/C16H24N2O2/c1-18(14-9-5-6-10-15(14)19)16(20)13(17)11-12-7-3-2-4-8-12/h2-4,7-8,13-15,19H,5-6,9-11,17H2,1H3/t13-,14?,15?/m0/s1. The summed E-state index contributed by atoms with van der Waals surface area (Å²) in [7, 11) is 1.76. The van der Waals surface area contributed by atoms with E-state index in [2.05, 4.69) is 0 Å². The van der Waals surface area contributed by atoms with Gasteiger partial charge in [-0.15, -0.1) is 0 Å². The predicted molar refractivity (Wildman–Crippen MR) is 79.2 cm³/mol. The molecule has 0 saturated heterocycles. The van der Waals surface area contributed by atoms with Crippen LogP contribution >= 0.6 is 0 Å². The van der Waals surface area contributed by atoms with Gasteiger partial charge in [-0.2, -0.15) is 0 Å². The Bertz CT molecular complexity index is 435. The zero-order valence-corrected chi connectivity index (χ0v) is 12.0. The average Bonchev–Trinajstić information content (AvgIpc) is 2.47. The largest absolute Gasteiger partial charge is 0.391 e. The fraction of sp³-hybridized carbons (Fsp3) is 0.562. The van der Waals surface area contributed by atoms with Crippen molar-refractivity contribution < 1.29 is 9.90 Å². The minimum atomic E-state index is -0.545. The number of carbonyl (C=O) groups excluding carboxylic acids is 1. The molecule has 0 spiro atoms. The molecule has 2 unspecified atom stereocenters. The fourth-order valence-corrected chi connectivity index (χ4v) is 2.92. The highest BCUT2D eigenvalue weighted by Gasteiger charge is 2.31. The van der Waals surface area contributed by atoms with E-state index in [0.29, 0.717) is 6.42 Å². The lowest BCUT2D eigenvalue weighted by Gasteiger charge is -2.36. The molecule has 20 heavy (non-hydrogen) atoms. The van der Waals surface area contributed by atoms with Crippen molar-refractivity contribution in [1.82, 2.24) is 4.90 Å². The van der Waals surface area contributed by atoms with E-state index in [9.17, 15) is 9.90 Å². The number of likely N-dealkylation sites (N-methyl/N-ethyl adjacent to an activating group) is 1. The third-order valence-corrected chi connectivity index (χ3v) is 4.15. The maximum atomic E-state index is 12.4. The van der Waals surface area contributed by atoms with Crippen molar-refractivity contribution in [2.75, 3.05) is 7.05 Å². The van der Waals surface area contributed by atoms with E-state index in [1.807, 2.05) is 30.3 Å². The molecule has 0 radical (unpaired) electrons. The molecular weight excluding hydrogens is 252 g/mol. The van der Waals surface area contributed by atoms with Crippen LogP contribution in [-0.4, -0.2) is 41.1 Å². The highest BCUT2D eigenvalue weighted by atomic mass is 16.3. The second-order valence-electron chi connectivity index (χ2n) is 5.66. The third kappa shape index (κ3) is 3.58. The minimum absolute atomic E-state index is 0.0835. The summed E-state index contributed by atoms with van der Waals surface area (Å²) < 4.78 is 0. The Morgan fingerprint density at radius 1 is 1.35 bits per heavy atom. The predicted octanol–water partition coefficient (Wildman–Crippen LogP) is 1.32. The second kappa shape index (κ2) is 6.86. The van der Waals surface area contributed by atoms with E-state index in [1.165, 1.54) is 0 Å². The zero-order chi connectivity index (χ0) is 14.5. The summed E-state index contributed by atoms with van der Waals surface area (Å²) in [4.78, 5) is 14.0. The minimum Gasteiger partial charge on any atom is -0.391 e. The molecule has 1 saturated carbocycles. The number of nitrogens with two attached hydrogens (primary N) is 1. The molecule has 1 amide bonds. The Morgan fingerprint density at radius 2 is 2.00 bits per heavy atom. The Morgan fingerprint density at radius 3 is 2.65 bits per heavy atom. The van der Waals surface area contributed by atoms with Gasteiger partial charge in [0.05, 0.1) is 18.2 Å². The van der Waals surface area contributed by atoms with Gasteiger partial charge >= 0.3 is 0 Å². The first-order valence-corrected chi connectivity index (χ1v) is 7.34. The lowest BCUT2D eigenvalue weighted by molar-refractivity contribution is -0.136. The number of benzene rings is 1. The monoisotopic (exact) mass is 276 g/mol. The van der Waals surface area contributed by atoms with Crippen LogP contribution in [0.15, 0.2) is 30.3 Å². The zero-order valence-electron chi connectivity index (χ0n) is 12.0. The van der Waals surface area contributed by atoms with Crippen molar-refractivity contribution >= 4 is 5.91 Å². The van der Waals surface area contributed by atoms with Crippen LogP contribution in [0.5, 0.6) is 0 Å². The molecule has 4 heteroatoms. The first-order valence-electron chi connectivity index (χ1n) is 7.34. The fourth-order valence-electron chi connectivity index (χ4n) is 2.92. The normalized spacial score (nSPS) is 24.1. The maximum Gasteiger partial charge on any atom is 0.239 e. The third-order valence-electron chi connectivity index (χ3n) is 4.15. The van der Waals surface area contributed by atoms with Crippen molar-refractivity contribution in [2.45, 2.75) is 50.3 Å². The number of rotatable bonds is 4. The molecule has 1 aromatic rings. The van der Waals surface area contributed by atoms with Crippen molar-refractivity contribution in [1.29, 1.82) is 0 Å². The molecule has 1 fully saturated rings. The quantitative estimate of drug-likeness (QED) is 0.871. The van der Waals surface area contributed by atoms with Gasteiger partial charge in [-0.25, -0.2) is 0 Å². The summed E-state index contributed by atoms with van der Waals surface area (Å²) >= 11 is 0. The number of aliphatic hydroxyl groups excluding tert-OH is 1. The number of amides is 1. The van der Waals surface area contributed by atoms with E-state index in [0.717, 1.165) is 31.2 Å². The Kier molecular flexibility index (Phi) is 5.15. The van der Waals surface area contributed by atoms with Crippen LogP contribution in [0.4, 0.5) is 0 Å². The second-order valence-corrected chi connectivity index (χ2v) is 5.66. The number of hydrogen-bond donors (Lipinski definition) is 2. The Balaban J connectivity index is 1.95. The topological polar surface area (TPSA) is 66.6 Å². The molecule has 1 aliphatic rings. The summed E-state index contributed by atoms with van der Waals surface area (Å²) in [6.07, 6.45) is 3.86. The van der Waals surface area contributed by atoms with Crippen LogP contribution in [0.1, 0.15) is 31.2 Å². The van der Waals surface area contributed by atoms with E-state index in [4.69, 9.17) is 5.73 Å². The van der Waals surface area contributed by atoms with E-state index >= 15 is 0 Å². The highest BCUT2D eigenvalue weighted by Crippen LogP contribution is 2.22. The molecule has 1 aliphatic carbocycles. The van der Waals surface area contributed by atoms with Crippen molar-refractivity contribution in [3.8, 4) is 0 Å². The number of hydrogen-bond acceptors (Lipinski definition) is 3. The van der Waals surface area contributed by atoms with Gasteiger partial charge in [0, 0.05) is 7.05 Å². The highest BCUT2D eigenvalue weighted by molar-refractivity contribution is 5.82. The molecule has 110 valence electrons. The van der Waals surface area contributed by atoms with Gasteiger partial charge in [-0.05, 0) is 24.8 Å². The van der Waals surface area contributed by atoms with Crippen molar-refractivity contribution in [2.24, 2.45) is 5.73 Å². The molecule has 0 bridgehead atoms. The van der Waals surface area contributed by atoms with Gasteiger partial charge < -0.3 is 15.7 Å². The molecule has 0 aromatic heterocycles. The summed E-state index contributed by atoms with van der Waals surface area (Å²) in [5.41, 5.74) is 7.09. The van der Waals surface area contributed by atoms with E-state index < -0.39 is 12.1 Å². The molecular formula is C16H24N2O2. The molecule has 0 aliphatic heterocycles. The summed E-state index contributed by atoms with van der Waals surface area (Å²) in [5, 5.41) is 10.0. The molecule has 1 aromatic carbocycles. The van der Waals surface area contributed by atoms with Crippen molar-refractivity contribution in [3.05, 3.63) is 35.9 Å². The summed E-state index contributed by atoms with van der Waals surface area (Å²) in [6, 6.07) is 9.16. The van der Waals surface area contributed by atoms with E-state index in [1.54, 1.807) is 11.9 Å². The molecule has 2 rings (SSSR count). The van der Waals surface area contributed by atoms with Crippen LogP contribution in [0.25, 0.3) is 0 Å². The van der Waals surface area contributed by atoms with Gasteiger partial charge in [0.25, 0.3) is 0 Å². The Labute approximate surface area is 120 Å². The smallest absolute Gasteiger partial charge is 0.239 e. The molecule has 3 atom stereocenters. The summed E-state index contributed by atoms with van der Waals surface area (Å²) in [6.45, 7) is 0. The molecule has 0 heterocycles. The van der Waals surface area contributed by atoms with Crippen molar-refractivity contribution in [3.63, 3.8) is 0 Å². The van der Waals surface area contributed by atoms with E-state index in [-0.39, 0.29) is 11.9 Å². The van der Waals surface area contributed by atoms with Gasteiger partial charge in [0.1, 0.15) is 0 Å². The number of aliphatic hydroxyl groups is 1. The lowest BCUT2D eigenvalue weighted by Crippen LogP contribution is -2.52. The van der Waals surface area contributed by atoms with Gasteiger partial charge in [0.2, 0.25) is 5.91 Å². The first kappa shape index (κ1) is 15.0. The van der Waals surface area contributed by atoms with Crippen LogP contribution in [0.2, 0.25) is 0 Å². The first-order chi connectivity index (χ1) is 9.59. The van der Waals surface area contributed by atoms with Gasteiger partial charge in [-0.1, -0.05) is 43.2 Å². The van der Waals surface area contributed by atoms with Crippen LogP contribution in [-0.2, 0) is 11.2 Å². The average molecular weight is 276 g/mol. The Hall–Kier alpha value is -1.39.